The van der Waals surface area contributed by atoms with Crippen LogP contribution in [0.5, 0.6) is 0 Å². The molecule has 98 valence electrons. The quantitative estimate of drug-likeness (QED) is 0.675. The zero-order valence-corrected chi connectivity index (χ0v) is 12.3. The van der Waals surface area contributed by atoms with Gasteiger partial charge in [0.25, 0.3) is 0 Å². The van der Waals surface area contributed by atoms with Gasteiger partial charge in [0, 0.05) is 30.1 Å². The van der Waals surface area contributed by atoms with E-state index in [1.807, 2.05) is 0 Å². The molecule has 1 aromatic heterocycles. The summed E-state index contributed by atoms with van der Waals surface area (Å²) < 4.78 is 0. The molecule has 3 heteroatoms. The molecule has 0 aliphatic carbocycles. The Balaban J connectivity index is 2.02. The number of unbranched alkanes of at least 4 members (excludes halogenated alkanes) is 3. The van der Waals surface area contributed by atoms with Crippen LogP contribution in [0.1, 0.15) is 56.7 Å². The van der Waals surface area contributed by atoms with Crippen LogP contribution in [-0.2, 0) is 6.42 Å². The van der Waals surface area contributed by atoms with Crippen LogP contribution in [0.4, 0.5) is 0 Å². The third kappa shape index (κ3) is 6.79. The third-order valence-corrected chi connectivity index (χ3v) is 4.02. The highest BCUT2D eigenvalue weighted by Crippen LogP contribution is 2.09. The Labute approximate surface area is 110 Å². The first kappa shape index (κ1) is 14.7. The number of aromatic nitrogens is 1. The number of nitrogens with one attached hydrogen (secondary N) is 1. The van der Waals surface area contributed by atoms with Crippen molar-refractivity contribution < 1.29 is 0 Å². The van der Waals surface area contributed by atoms with Crippen molar-refractivity contribution in [3.8, 4) is 0 Å². The molecule has 1 unspecified atom stereocenters. The Bertz CT molecular complexity index is 296. The van der Waals surface area contributed by atoms with E-state index in [0.717, 1.165) is 18.7 Å². The molecule has 0 aliphatic heterocycles. The summed E-state index contributed by atoms with van der Waals surface area (Å²) in [5, 5.41) is 6.97. The summed E-state index contributed by atoms with van der Waals surface area (Å²) in [6, 6.07) is 0.646. The summed E-state index contributed by atoms with van der Waals surface area (Å²) >= 11 is 1.77. The summed E-state index contributed by atoms with van der Waals surface area (Å²) in [6.45, 7) is 7.67. The molecule has 1 rings (SSSR count). The third-order valence-electron chi connectivity index (χ3n) is 2.99. The maximum atomic E-state index is 4.47. The molecule has 1 heterocycles. The fraction of sp³-hybridized carbons (Fsp3) is 0.786. The molecule has 2 nitrogen and oxygen atoms in total. The molecule has 0 aliphatic rings. The number of hydrogen-bond acceptors (Lipinski definition) is 3. The summed E-state index contributed by atoms with van der Waals surface area (Å²) in [6.07, 6.45) is 7.82. The van der Waals surface area contributed by atoms with Crippen molar-refractivity contribution in [2.24, 2.45) is 0 Å². The van der Waals surface area contributed by atoms with Crippen LogP contribution < -0.4 is 5.32 Å². The average molecular weight is 254 g/mol. The van der Waals surface area contributed by atoms with Crippen LogP contribution in [0.2, 0.25) is 0 Å². The lowest BCUT2D eigenvalue weighted by Crippen LogP contribution is -2.27. The molecule has 0 fully saturated rings. The minimum absolute atomic E-state index is 0.646. The molecule has 0 bridgehead atoms. The van der Waals surface area contributed by atoms with E-state index >= 15 is 0 Å². The largest absolute Gasteiger partial charge is 0.314 e. The van der Waals surface area contributed by atoms with Crippen molar-refractivity contribution in [2.45, 2.75) is 65.3 Å². The van der Waals surface area contributed by atoms with E-state index in [4.69, 9.17) is 0 Å². The monoisotopic (exact) mass is 254 g/mol. The van der Waals surface area contributed by atoms with Crippen LogP contribution in [-0.4, -0.2) is 17.6 Å². The van der Waals surface area contributed by atoms with Gasteiger partial charge in [-0.2, -0.15) is 0 Å². The molecule has 17 heavy (non-hydrogen) atoms. The standard InChI is InChI=1S/C14H26N2S/c1-4-5-6-7-8-12(2)15-10-9-14-16-13(3)11-17-14/h11-12,15H,4-10H2,1-3H3. The van der Waals surface area contributed by atoms with Crippen LogP contribution in [0.3, 0.4) is 0 Å². The SMILES string of the molecule is CCCCCCC(C)NCCc1nc(C)cs1. The second-order valence-corrected chi connectivity index (χ2v) is 5.78. The molecule has 0 radical (unpaired) electrons. The molecule has 0 aromatic carbocycles. The number of rotatable bonds is 9. The van der Waals surface area contributed by atoms with Gasteiger partial charge >= 0.3 is 0 Å². The molecule has 0 saturated heterocycles. The highest BCUT2D eigenvalue weighted by molar-refractivity contribution is 7.09. The first-order valence-electron chi connectivity index (χ1n) is 6.86. The Morgan fingerprint density at radius 2 is 2.18 bits per heavy atom. The Hall–Kier alpha value is -0.410. The van der Waals surface area contributed by atoms with E-state index in [2.05, 4.69) is 36.5 Å². The molecule has 0 saturated carbocycles. The van der Waals surface area contributed by atoms with Crippen LogP contribution in [0.15, 0.2) is 5.38 Å². The highest BCUT2D eigenvalue weighted by atomic mass is 32.1. The smallest absolute Gasteiger partial charge is 0.0940 e. The number of aryl methyl sites for hydroxylation is 1. The van der Waals surface area contributed by atoms with Gasteiger partial charge < -0.3 is 5.32 Å². The molecule has 1 N–H and O–H groups in total. The first-order valence-corrected chi connectivity index (χ1v) is 7.74. The molecule has 0 amide bonds. The maximum Gasteiger partial charge on any atom is 0.0940 e. The van der Waals surface area contributed by atoms with Gasteiger partial charge in [-0.05, 0) is 20.3 Å². The summed E-state index contributed by atoms with van der Waals surface area (Å²) in [4.78, 5) is 4.47. The average Bonchev–Trinajstić information content (AvgIpc) is 2.71. The van der Waals surface area contributed by atoms with Gasteiger partial charge in [-0.15, -0.1) is 11.3 Å². The number of thiazole rings is 1. The predicted octanol–water partition coefficient (Wildman–Crippen LogP) is 3.94. The molecular formula is C14H26N2S. The summed E-state index contributed by atoms with van der Waals surface area (Å²) in [7, 11) is 0. The minimum Gasteiger partial charge on any atom is -0.314 e. The van der Waals surface area contributed by atoms with Crippen molar-refractivity contribution >= 4 is 11.3 Å². The van der Waals surface area contributed by atoms with Crippen LogP contribution >= 0.6 is 11.3 Å². The van der Waals surface area contributed by atoms with E-state index in [-0.39, 0.29) is 0 Å². The van der Waals surface area contributed by atoms with Gasteiger partial charge in [-0.3, -0.25) is 0 Å². The second-order valence-electron chi connectivity index (χ2n) is 4.84. The predicted molar refractivity (Wildman–Crippen MR) is 76.8 cm³/mol. The van der Waals surface area contributed by atoms with E-state index in [0.29, 0.717) is 6.04 Å². The number of hydrogen-bond donors (Lipinski definition) is 1. The minimum atomic E-state index is 0.646. The zero-order valence-electron chi connectivity index (χ0n) is 11.5. The Morgan fingerprint density at radius 3 is 2.82 bits per heavy atom. The van der Waals surface area contributed by atoms with E-state index in [9.17, 15) is 0 Å². The molecule has 0 spiro atoms. The molecule has 1 aromatic rings. The van der Waals surface area contributed by atoms with E-state index in [1.54, 1.807) is 11.3 Å². The molecule has 1 atom stereocenters. The lowest BCUT2D eigenvalue weighted by molar-refractivity contribution is 0.486. The van der Waals surface area contributed by atoms with Gasteiger partial charge in [-0.1, -0.05) is 32.6 Å². The van der Waals surface area contributed by atoms with Crippen LogP contribution in [0.25, 0.3) is 0 Å². The summed E-state index contributed by atoms with van der Waals surface area (Å²) in [5.41, 5.74) is 1.15. The lowest BCUT2D eigenvalue weighted by atomic mass is 10.1. The fourth-order valence-electron chi connectivity index (χ4n) is 1.92. The zero-order chi connectivity index (χ0) is 12.5. The Kier molecular flexibility index (Phi) is 7.45. The summed E-state index contributed by atoms with van der Waals surface area (Å²) in [5.74, 6) is 0. The van der Waals surface area contributed by atoms with Gasteiger partial charge in [0.15, 0.2) is 0 Å². The van der Waals surface area contributed by atoms with Crippen molar-refractivity contribution in [1.82, 2.24) is 10.3 Å². The molecular weight excluding hydrogens is 228 g/mol. The van der Waals surface area contributed by atoms with Crippen LogP contribution in [0, 0.1) is 6.92 Å². The van der Waals surface area contributed by atoms with E-state index in [1.165, 1.54) is 37.1 Å². The normalized spacial score (nSPS) is 12.9. The first-order chi connectivity index (χ1) is 8.22. The topological polar surface area (TPSA) is 24.9 Å². The highest BCUT2D eigenvalue weighted by Gasteiger charge is 2.02. The van der Waals surface area contributed by atoms with Gasteiger partial charge in [0.05, 0.1) is 5.01 Å². The van der Waals surface area contributed by atoms with Gasteiger partial charge in [0.1, 0.15) is 0 Å². The van der Waals surface area contributed by atoms with E-state index < -0.39 is 0 Å². The van der Waals surface area contributed by atoms with Crippen molar-refractivity contribution in [3.05, 3.63) is 16.1 Å². The number of nitrogens with zero attached hydrogens (tertiary/aromatic N) is 1. The van der Waals surface area contributed by atoms with Gasteiger partial charge in [-0.25, -0.2) is 4.98 Å². The Morgan fingerprint density at radius 1 is 1.35 bits per heavy atom. The van der Waals surface area contributed by atoms with Crippen molar-refractivity contribution in [3.63, 3.8) is 0 Å². The second kappa shape index (κ2) is 8.65. The maximum absolute atomic E-state index is 4.47. The van der Waals surface area contributed by atoms with Crippen molar-refractivity contribution in [1.29, 1.82) is 0 Å². The van der Waals surface area contributed by atoms with Crippen molar-refractivity contribution in [2.75, 3.05) is 6.54 Å². The lowest BCUT2D eigenvalue weighted by Gasteiger charge is -2.12. The fourth-order valence-corrected chi connectivity index (χ4v) is 2.70. The van der Waals surface area contributed by atoms with Gasteiger partial charge in [0.2, 0.25) is 0 Å².